The number of aryl methyl sites for hydroxylation is 1. The van der Waals surface area contributed by atoms with Crippen molar-refractivity contribution in [1.29, 1.82) is 5.26 Å². The lowest BCUT2D eigenvalue weighted by atomic mass is 10.3. The number of hydrogen-bond donors (Lipinski definition) is 0. The third kappa shape index (κ3) is 1.52. The summed E-state index contributed by atoms with van der Waals surface area (Å²) in [4.78, 5) is 12.7. The highest BCUT2D eigenvalue weighted by molar-refractivity contribution is 5.77. The number of aromatic nitrogens is 4. The van der Waals surface area contributed by atoms with E-state index in [0.29, 0.717) is 11.5 Å². The second kappa shape index (κ2) is 3.93. The topological polar surface area (TPSA) is 67.4 Å². The number of hydrogen-bond acceptors (Lipinski definition) is 4. The van der Waals surface area contributed by atoms with Crippen molar-refractivity contribution in [3.8, 4) is 11.9 Å². The molecule has 0 atom stereocenters. The summed E-state index contributed by atoms with van der Waals surface area (Å²) >= 11 is 0. The Morgan fingerprint density at radius 1 is 1.17 bits per heavy atom. The highest BCUT2D eigenvalue weighted by Gasteiger charge is 2.09. The highest BCUT2D eigenvalue weighted by atomic mass is 15.1. The van der Waals surface area contributed by atoms with Crippen LogP contribution in [0.3, 0.4) is 0 Å². The fourth-order valence-electron chi connectivity index (χ4n) is 1.93. The minimum Gasteiger partial charge on any atom is -0.279 e. The van der Waals surface area contributed by atoms with Gasteiger partial charge in [-0.25, -0.2) is 15.0 Å². The average Bonchev–Trinajstić information content (AvgIpc) is 2.75. The Kier molecular flexibility index (Phi) is 2.27. The summed E-state index contributed by atoms with van der Waals surface area (Å²) in [5.74, 6) is 1.51. The zero-order valence-corrected chi connectivity index (χ0v) is 9.70. The molecule has 3 aromatic rings. The molecule has 0 aliphatic rings. The van der Waals surface area contributed by atoms with Gasteiger partial charge in [-0.2, -0.15) is 5.26 Å². The second-order valence-corrected chi connectivity index (χ2v) is 3.85. The van der Waals surface area contributed by atoms with Gasteiger partial charge in [-0.05, 0) is 19.1 Å². The maximum Gasteiger partial charge on any atom is 0.158 e. The molecule has 0 spiro atoms. The van der Waals surface area contributed by atoms with Crippen LogP contribution in [0.15, 0.2) is 36.7 Å². The van der Waals surface area contributed by atoms with E-state index in [9.17, 15) is 0 Å². The van der Waals surface area contributed by atoms with Crippen LogP contribution in [0.2, 0.25) is 0 Å². The van der Waals surface area contributed by atoms with Crippen LogP contribution in [0, 0.1) is 18.3 Å². The van der Waals surface area contributed by atoms with Crippen molar-refractivity contribution in [2.24, 2.45) is 0 Å². The van der Waals surface area contributed by atoms with Crippen molar-refractivity contribution in [3.63, 3.8) is 0 Å². The SMILES string of the molecule is Cc1nc2ccccc2n1-c1cnc(C#N)cn1. The Hall–Kier alpha value is -2.74. The third-order valence-corrected chi connectivity index (χ3v) is 2.71. The summed E-state index contributed by atoms with van der Waals surface area (Å²) < 4.78 is 1.92. The van der Waals surface area contributed by atoms with Crippen LogP contribution in [0.5, 0.6) is 0 Å². The molecule has 3 rings (SSSR count). The zero-order chi connectivity index (χ0) is 12.5. The van der Waals surface area contributed by atoms with Crippen molar-refractivity contribution in [2.75, 3.05) is 0 Å². The van der Waals surface area contributed by atoms with Crippen LogP contribution in [0.4, 0.5) is 0 Å². The number of para-hydroxylation sites is 2. The van der Waals surface area contributed by atoms with E-state index in [0.717, 1.165) is 16.9 Å². The first-order valence-corrected chi connectivity index (χ1v) is 5.46. The summed E-state index contributed by atoms with van der Waals surface area (Å²) in [6.45, 7) is 1.92. The molecule has 0 radical (unpaired) electrons. The number of nitriles is 1. The summed E-state index contributed by atoms with van der Waals surface area (Å²) in [5, 5.41) is 8.71. The quantitative estimate of drug-likeness (QED) is 0.647. The fourth-order valence-corrected chi connectivity index (χ4v) is 1.93. The maximum absolute atomic E-state index is 8.71. The smallest absolute Gasteiger partial charge is 0.158 e. The van der Waals surface area contributed by atoms with E-state index in [2.05, 4.69) is 15.0 Å². The molecule has 2 heterocycles. The molecule has 0 aliphatic heterocycles. The predicted octanol–water partition coefficient (Wildman–Crippen LogP) is 2.00. The summed E-state index contributed by atoms with van der Waals surface area (Å²) in [7, 11) is 0. The van der Waals surface area contributed by atoms with Gasteiger partial charge in [0.25, 0.3) is 0 Å². The van der Waals surface area contributed by atoms with Crippen LogP contribution in [-0.2, 0) is 0 Å². The number of nitrogens with zero attached hydrogens (tertiary/aromatic N) is 5. The minimum atomic E-state index is 0.306. The van der Waals surface area contributed by atoms with E-state index < -0.39 is 0 Å². The standard InChI is InChI=1S/C13H9N5/c1-9-17-11-4-2-3-5-12(11)18(9)13-8-15-10(6-14)7-16-13/h2-5,7-8H,1H3. The van der Waals surface area contributed by atoms with E-state index in [1.54, 1.807) is 6.20 Å². The number of fused-ring (bicyclic) bond motifs is 1. The summed E-state index contributed by atoms with van der Waals surface area (Å²) in [6, 6.07) is 9.79. The van der Waals surface area contributed by atoms with Gasteiger partial charge >= 0.3 is 0 Å². The fraction of sp³-hybridized carbons (Fsp3) is 0.0769. The first-order valence-electron chi connectivity index (χ1n) is 5.46. The van der Waals surface area contributed by atoms with Gasteiger partial charge in [0, 0.05) is 0 Å². The predicted molar refractivity (Wildman–Crippen MR) is 66.1 cm³/mol. The van der Waals surface area contributed by atoms with Crippen LogP contribution in [0.25, 0.3) is 16.9 Å². The molecule has 0 aliphatic carbocycles. The van der Waals surface area contributed by atoms with Crippen LogP contribution in [-0.4, -0.2) is 19.5 Å². The lowest BCUT2D eigenvalue weighted by Crippen LogP contribution is -2.01. The molecule has 0 bridgehead atoms. The van der Waals surface area contributed by atoms with Gasteiger partial charge in [0.15, 0.2) is 11.5 Å². The molecule has 0 N–H and O–H groups in total. The maximum atomic E-state index is 8.71. The first-order chi connectivity index (χ1) is 8.79. The number of rotatable bonds is 1. The molecule has 0 amide bonds. The molecule has 2 aromatic heterocycles. The lowest BCUT2D eigenvalue weighted by molar-refractivity contribution is 0.937. The summed E-state index contributed by atoms with van der Waals surface area (Å²) in [5.41, 5.74) is 2.20. The van der Waals surface area contributed by atoms with Gasteiger partial charge in [0.1, 0.15) is 11.9 Å². The van der Waals surface area contributed by atoms with Gasteiger partial charge in [-0.15, -0.1) is 0 Å². The Morgan fingerprint density at radius 3 is 2.72 bits per heavy atom. The molecule has 0 unspecified atom stereocenters. The average molecular weight is 235 g/mol. The molecular weight excluding hydrogens is 226 g/mol. The Morgan fingerprint density at radius 2 is 2.00 bits per heavy atom. The highest BCUT2D eigenvalue weighted by Crippen LogP contribution is 2.18. The minimum absolute atomic E-state index is 0.306. The molecule has 1 aromatic carbocycles. The van der Waals surface area contributed by atoms with Crippen molar-refractivity contribution in [2.45, 2.75) is 6.92 Å². The van der Waals surface area contributed by atoms with Crippen LogP contribution in [0.1, 0.15) is 11.5 Å². The molecule has 86 valence electrons. The third-order valence-electron chi connectivity index (χ3n) is 2.71. The van der Waals surface area contributed by atoms with E-state index in [4.69, 9.17) is 5.26 Å². The largest absolute Gasteiger partial charge is 0.279 e. The van der Waals surface area contributed by atoms with Crippen LogP contribution < -0.4 is 0 Å². The lowest BCUT2D eigenvalue weighted by Gasteiger charge is -2.04. The monoisotopic (exact) mass is 235 g/mol. The molecule has 0 saturated carbocycles. The van der Waals surface area contributed by atoms with Crippen molar-refractivity contribution in [3.05, 3.63) is 48.2 Å². The Labute approximate surface area is 103 Å². The van der Waals surface area contributed by atoms with Gasteiger partial charge in [0.05, 0.1) is 23.4 Å². The van der Waals surface area contributed by atoms with E-state index in [1.807, 2.05) is 41.8 Å². The van der Waals surface area contributed by atoms with E-state index in [-0.39, 0.29) is 0 Å². The normalized spacial score (nSPS) is 10.4. The van der Waals surface area contributed by atoms with Crippen molar-refractivity contribution < 1.29 is 0 Å². The van der Waals surface area contributed by atoms with Crippen molar-refractivity contribution in [1.82, 2.24) is 19.5 Å². The van der Waals surface area contributed by atoms with Gasteiger partial charge in [0.2, 0.25) is 0 Å². The van der Waals surface area contributed by atoms with Gasteiger partial charge in [-0.3, -0.25) is 4.57 Å². The Bertz CT molecular complexity index is 749. The zero-order valence-electron chi connectivity index (χ0n) is 9.70. The first kappa shape index (κ1) is 10.4. The molecule has 0 fully saturated rings. The molecule has 5 heteroatoms. The van der Waals surface area contributed by atoms with Crippen molar-refractivity contribution >= 4 is 11.0 Å². The summed E-state index contributed by atoms with van der Waals surface area (Å²) in [6.07, 6.45) is 3.04. The molecule has 0 saturated heterocycles. The number of imidazole rings is 1. The molecule has 5 nitrogen and oxygen atoms in total. The van der Waals surface area contributed by atoms with E-state index in [1.165, 1.54) is 6.20 Å². The second-order valence-electron chi connectivity index (χ2n) is 3.85. The van der Waals surface area contributed by atoms with E-state index >= 15 is 0 Å². The van der Waals surface area contributed by atoms with Crippen LogP contribution >= 0.6 is 0 Å². The molecule has 18 heavy (non-hydrogen) atoms. The Balaban J connectivity index is 2.24. The van der Waals surface area contributed by atoms with Gasteiger partial charge in [-0.1, -0.05) is 12.1 Å². The molecular formula is C13H9N5. The van der Waals surface area contributed by atoms with Gasteiger partial charge < -0.3 is 0 Å². The number of benzene rings is 1.